The van der Waals surface area contributed by atoms with E-state index in [1.165, 1.54) is 61.4 Å². The predicted molar refractivity (Wildman–Crippen MR) is 133 cm³/mol. The molecular formula is C25H32N6OS. The summed E-state index contributed by atoms with van der Waals surface area (Å²) in [6.07, 6.45) is 9.01. The molecule has 0 aliphatic carbocycles. The SMILES string of the molecule is c1cncc(-c2nc(N3CCOCC3)c3sc(CN4CCC(N5CCCC5)CC4)cc3n2)c1. The lowest BCUT2D eigenvalue weighted by atomic mass is 10.0. The van der Waals surface area contributed by atoms with E-state index in [9.17, 15) is 0 Å². The van der Waals surface area contributed by atoms with Crippen LogP contribution in [0.25, 0.3) is 21.6 Å². The minimum absolute atomic E-state index is 0.748. The molecule has 0 unspecified atom stereocenters. The summed E-state index contributed by atoms with van der Waals surface area (Å²) in [6.45, 7) is 9.25. The fourth-order valence-corrected chi connectivity index (χ4v) is 6.58. The Morgan fingerprint density at radius 2 is 1.82 bits per heavy atom. The lowest BCUT2D eigenvalue weighted by molar-refractivity contribution is 0.122. The molecule has 0 N–H and O–H groups in total. The highest BCUT2D eigenvalue weighted by Gasteiger charge is 2.27. The minimum atomic E-state index is 0.748. The second kappa shape index (κ2) is 9.62. The van der Waals surface area contributed by atoms with Gasteiger partial charge in [0.1, 0.15) is 0 Å². The molecule has 3 aromatic heterocycles. The summed E-state index contributed by atoms with van der Waals surface area (Å²) in [5.41, 5.74) is 2.02. The van der Waals surface area contributed by atoms with Crippen molar-refractivity contribution in [1.29, 1.82) is 0 Å². The smallest absolute Gasteiger partial charge is 0.163 e. The summed E-state index contributed by atoms with van der Waals surface area (Å²) in [5.74, 6) is 1.80. The van der Waals surface area contributed by atoms with E-state index in [2.05, 4.69) is 25.8 Å². The molecule has 174 valence electrons. The Morgan fingerprint density at radius 3 is 2.58 bits per heavy atom. The van der Waals surface area contributed by atoms with Gasteiger partial charge < -0.3 is 14.5 Å². The number of anilines is 1. The highest BCUT2D eigenvalue weighted by Crippen LogP contribution is 2.35. The number of hydrogen-bond acceptors (Lipinski definition) is 8. The maximum Gasteiger partial charge on any atom is 0.163 e. The van der Waals surface area contributed by atoms with E-state index in [1.807, 2.05) is 29.7 Å². The number of nitrogens with zero attached hydrogens (tertiary/aromatic N) is 6. The van der Waals surface area contributed by atoms with Crippen LogP contribution in [-0.4, -0.2) is 83.3 Å². The summed E-state index contributed by atoms with van der Waals surface area (Å²) in [5, 5.41) is 0. The number of rotatable bonds is 5. The van der Waals surface area contributed by atoms with Crippen molar-refractivity contribution in [3.63, 3.8) is 0 Å². The Bertz CT molecular complexity index is 1070. The first-order valence-electron chi connectivity index (χ1n) is 12.3. The second-order valence-corrected chi connectivity index (χ2v) is 10.5. The molecule has 3 fully saturated rings. The number of thiophene rings is 1. The zero-order valence-corrected chi connectivity index (χ0v) is 20.0. The molecule has 6 heterocycles. The topological polar surface area (TPSA) is 57.6 Å². The van der Waals surface area contributed by atoms with Crippen LogP contribution < -0.4 is 4.90 Å². The fourth-order valence-electron chi connectivity index (χ4n) is 5.43. The Morgan fingerprint density at radius 1 is 1.00 bits per heavy atom. The molecule has 33 heavy (non-hydrogen) atoms. The van der Waals surface area contributed by atoms with Crippen LogP contribution in [0.5, 0.6) is 0 Å². The van der Waals surface area contributed by atoms with Crippen molar-refractivity contribution >= 4 is 27.4 Å². The molecule has 0 bridgehead atoms. The molecule has 3 aromatic rings. The van der Waals surface area contributed by atoms with Crippen molar-refractivity contribution in [2.45, 2.75) is 38.3 Å². The number of likely N-dealkylation sites (tertiary alicyclic amines) is 2. The molecule has 0 radical (unpaired) electrons. The number of piperidine rings is 1. The fraction of sp³-hybridized carbons (Fsp3) is 0.560. The minimum Gasteiger partial charge on any atom is -0.378 e. The Labute approximate surface area is 199 Å². The average Bonchev–Trinajstić information content (AvgIpc) is 3.55. The quantitative estimate of drug-likeness (QED) is 0.571. The predicted octanol–water partition coefficient (Wildman–Crippen LogP) is 3.65. The van der Waals surface area contributed by atoms with Crippen molar-refractivity contribution in [2.75, 3.05) is 57.4 Å². The molecular weight excluding hydrogens is 432 g/mol. The number of aromatic nitrogens is 3. The van der Waals surface area contributed by atoms with Crippen molar-refractivity contribution in [2.24, 2.45) is 0 Å². The monoisotopic (exact) mass is 464 g/mol. The van der Waals surface area contributed by atoms with Gasteiger partial charge in [-0.15, -0.1) is 11.3 Å². The summed E-state index contributed by atoms with van der Waals surface area (Å²) in [4.78, 5) is 23.3. The third-order valence-corrected chi connectivity index (χ3v) is 8.33. The van der Waals surface area contributed by atoms with Gasteiger partial charge in [-0.05, 0) is 57.0 Å². The van der Waals surface area contributed by atoms with Gasteiger partial charge in [0, 0.05) is 61.6 Å². The molecule has 6 rings (SSSR count). The second-order valence-electron chi connectivity index (χ2n) is 9.39. The summed E-state index contributed by atoms with van der Waals surface area (Å²) >= 11 is 1.87. The molecule has 0 amide bonds. The van der Waals surface area contributed by atoms with Gasteiger partial charge in [0.15, 0.2) is 11.6 Å². The van der Waals surface area contributed by atoms with E-state index < -0.39 is 0 Å². The number of pyridine rings is 1. The molecule has 0 aromatic carbocycles. The molecule has 3 aliphatic heterocycles. The third kappa shape index (κ3) is 4.62. The molecule has 8 heteroatoms. The van der Waals surface area contributed by atoms with Crippen LogP contribution in [0, 0.1) is 0 Å². The van der Waals surface area contributed by atoms with E-state index in [1.54, 1.807) is 6.20 Å². The highest BCUT2D eigenvalue weighted by atomic mass is 32.1. The Kier molecular flexibility index (Phi) is 6.24. The zero-order valence-electron chi connectivity index (χ0n) is 19.2. The van der Waals surface area contributed by atoms with Gasteiger partial charge >= 0.3 is 0 Å². The normalized spacial score (nSPS) is 21.3. The Hall–Kier alpha value is -2.13. The van der Waals surface area contributed by atoms with E-state index in [-0.39, 0.29) is 0 Å². The molecule has 3 aliphatic rings. The van der Waals surface area contributed by atoms with Crippen LogP contribution in [0.15, 0.2) is 30.6 Å². The first-order chi connectivity index (χ1) is 16.3. The van der Waals surface area contributed by atoms with Crippen LogP contribution >= 0.6 is 11.3 Å². The van der Waals surface area contributed by atoms with E-state index >= 15 is 0 Å². The molecule has 0 atom stereocenters. The van der Waals surface area contributed by atoms with Crippen LogP contribution in [-0.2, 0) is 11.3 Å². The van der Waals surface area contributed by atoms with Crippen LogP contribution in [0.3, 0.4) is 0 Å². The third-order valence-electron chi connectivity index (χ3n) is 7.23. The summed E-state index contributed by atoms with van der Waals surface area (Å²) < 4.78 is 6.80. The lowest BCUT2D eigenvalue weighted by Crippen LogP contribution is -2.43. The molecule has 7 nitrogen and oxygen atoms in total. The van der Waals surface area contributed by atoms with Crippen LogP contribution in [0.2, 0.25) is 0 Å². The van der Waals surface area contributed by atoms with Crippen molar-refractivity contribution < 1.29 is 4.74 Å². The lowest BCUT2D eigenvalue weighted by Gasteiger charge is -2.36. The number of ether oxygens (including phenoxy) is 1. The first kappa shape index (κ1) is 21.4. The standard InChI is InChI=1S/C25H32N6OS/c1-2-9-30(8-1)20-5-10-29(11-6-20)18-21-16-22-23(33-21)25(31-12-14-32-15-13-31)28-24(27-22)19-4-3-7-26-17-19/h3-4,7,16-17,20H,1-2,5-6,8-15,18H2. The summed E-state index contributed by atoms with van der Waals surface area (Å²) in [7, 11) is 0. The van der Waals surface area contributed by atoms with Gasteiger partial charge in [0.25, 0.3) is 0 Å². The number of morpholine rings is 1. The Balaban J connectivity index is 1.25. The van der Waals surface area contributed by atoms with Crippen molar-refractivity contribution in [1.82, 2.24) is 24.8 Å². The van der Waals surface area contributed by atoms with Crippen LogP contribution in [0.4, 0.5) is 5.82 Å². The van der Waals surface area contributed by atoms with Gasteiger partial charge in [-0.3, -0.25) is 9.88 Å². The maximum absolute atomic E-state index is 5.60. The van der Waals surface area contributed by atoms with Crippen molar-refractivity contribution in [3.8, 4) is 11.4 Å². The molecule has 0 saturated carbocycles. The average molecular weight is 465 g/mol. The largest absolute Gasteiger partial charge is 0.378 e. The molecule has 0 spiro atoms. The highest BCUT2D eigenvalue weighted by molar-refractivity contribution is 7.19. The van der Waals surface area contributed by atoms with Gasteiger partial charge in [-0.25, -0.2) is 9.97 Å². The van der Waals surface area contributed by atoms with Gasteiger partial charge in [-0.1, -0.05) is 0 Å². The summed E-state index contributed by atoms with van der Waals surface area (Å²) in [6, 6.07) is 7.07. The zero-order chi connectivity index (χ0) is 22.0. The van der Waals surface area contributed by atoms with Crippen LogP contribution in [0.1, 0.15) is 30.6 Å². The molecule has 3 saturated heterocycles. The van der Waals surface area contributed by atoms with Gasteiger partial charge in [-0.2, -0.15) is 0 Å². The van der Waals surface area contributed by atoms with Gasteiger partial charge in [0.2, 0.25) is 0 Å². The number of fused-ring (bicyclic) bond motifs is 1. The van der Waals surface area contributed by atoms with E-state index in [0.717, 1.165) is 61.6 Å². The first-order valence-corrected chi connectivity index (χ1v) is 13.1. The maximum atomic E-state index is 5.60. The van der Waals surface area contributed by atoms with Gasteiger partial charge in [0.05, 0.1) is 23.4 Å². The van der Waals surface area contributed by atoms with E-state index in [0.29, 0.717) is 0 Å². The van der Waals surface area contributed by atoms with E-state index in [4.69, 9.17) is 14.7 Å². The number of hydrogen-bond donors (Lipinski definition) is 0. The van der Waals surface area contributed by atoms with Crippen molar-refractivity contribution in [3.05, 3.63) is 35.5 Å².